The minimum absolute atomic E-state index is 0.225. The van der Waals surface area contributed by atoms with Crippen LogP contribution in [0.25, 0.3) is 0 Å². The Labute approximate surface area is 116 Å². The van der Waals surface area contributed by atoms with E-state index < -0.39 is 0 Å². The van der Waals surface area contributed by atoms with Gasteiger partial charge in [0.05, 0.1) is 6.61 Å². The molecule has 19 heavy (non-hydrogen) atoms. The van der Waals surface area contributed by atoms with Crippen LogP contribution >= 0.6 is 0 Å². The number of hydrogen-bond acceptors (Lipinski definition) is 4. The number of aromatic nitrogens is 3. The van der Waals surface area contributed by atoms with Gasteiger partial charge in [0.1, 0.15) is 12.2 Å². The van der Waals surface area contributed by atoms with Gasteiger partial charge in [0, 0.05) is 33.2 Å². The Hall–Kier alpha value is -0.940. The molecule has 1 rings (SSSR count). The van der Waals surface area contributed by atoms with Crippen LogP contribution in [0.1, 0.15) is 39.4 Å². The molecule has 0 saturated carbocycles. The van der Waals surface area contributed by atoms with Crippen molar-refractivity contribution in [3.63, 3.8) is 0 Å². The molecule has 1 heterocycles. The van der Waals surface area contributed by atoms with Gasteiger partial charge in [-0.1, -0.05) is 20.3 Å². The van der Waals surface area contributed by atoms with Crippen molar-refractivity contribution >= 4 is 0 Å². The molecule has 5 heteroatoms. The predicted molar refractivity (Wildman–Crippen MR) is 77.2 cm³/mol. The standard InChI is InChI=1S/C14H28N4O/c1-5-7-14(3,11-15-8-9-19-4)10-13-16-12-17-18(13)6-2/h12,15H,5-11H2,1-4H3. The molecule has 0 saturated heterocycles. The van der Waals surface area contributed by atoms with Crippen LogP contribution in [0.15, 0.2) is 6.33 Å². The summed E-state index contributed by atoms with van der Waals surface area (Å²) >= 11 is 0. The van der Waals surface area contributed by atoms with Crippen molar-refractivity contribution in [3.05, 3.63) is 12.2 Å². The smallest absolute Gasteiger partial charge is 0.138 e. The van der Waals surface area contributed by atoms with Crippen molar-refractivity contribution < 1.29 is 4.74 Å². The first-order chi connectivity index (χ1) is 9.15. The molecule has 0 fully saturated rings. The van der Waals surface area contributed by atoms with Gasteiger partial charge in [-0.3, -0.25) is 4.68 Å². The van der Waals surface area contributed by atoms with Crippen LogP contribution in [0.3, 0.4) is 0 Å². The van der Waals surface area contributed by atoms with E-state index in [9.17, 15) is 0 Å². The molecular formula is C14H28N4O. The number of rotatable bonds is 10. The summed E-state index contributed by atoms with van der Waals surface area (Å²) in [5, 5.41) is 7.73. The summed E-state index contributed by atoms with van der Waals surface area (Å²) in [5.41, 5.74) is 0.225. The number of nitrogens with zero attached hydrogens (tertiary/aromatic N) is 3. The Balaban J connectivity index is 2.59. The maximum Gasteiger partial charge on any atom is 0.138 e. The fraction of sp³-hybridized carbons (Fsp3) is 0.857. The third-order valence-corrected chi connectivity index (χ3v) is 3.47. The second kappa shape index (κ2) is 8.27. The second-order valence-corrected chi connectivity index (χ2v) is 5.40. The van der Waals surface area contributed by atoms with Crippen molar-refractivity contribution in [1.82, 2.24) is 20.1 Å². The van der Waals surface area contributed by atoms with E-state index in [0.717, 1.165) is 38.5 Å². The molecule has 0 spiro atoms. The lowest BCUT2D eigenvalue weighted by atomic mass is 9.82. The molecule has 0 radical (unpaired) electrons. The summed E-state index contributed by atoms with van der Waals surface area (Å²) in [4.78, 5) is 4.40. The molecule has 0 aromatic carbocycles. The second-order valence-electron chi connectivity index (χ2n) is 5.40. The van der Waals surface area contributed by atoms with E-state index in [2.05, 4.69) is 36.2 Å². The molecule has 1 atom stereocenters. The van der Waals surface area contributed by atoms with Crippen LogP contribution in [0.5, 0.6) is 0 Å². The predicted octanol–water partition coefficient (Wildman–Crippen LogP) is 1.88. The first kappa shape index (κ1) is 16.1. The Morgan fingerprint density at radius 3 is 2.84 bits per heavy atom. The Bertz CT molecular complexity index is 353. The van der Waals surface area contributed by atoms with Gasteiger partial charge in [0.2, 0.25) is 0 Å². The average molecular weight is 268 g/mol. The molecule has 5 nitrogen and oxygen atoms in total. The van der Waals surface area contributed by atoms with Crippen LogP contribution in [0.2, 0.25) is 0 Å². The highest BCUT2D eigenvalue weighted by molar-refractivity contribution is 4.93. The zero-order valence-corrected chi connectivity index (χ0v) is 12.8. The van der Waals surface area contributed by atoms with E-state index in [1.165, 1.54) is 12.8 Å². The third-order valence-electron chi connectivity index (χ3n) is 3.47. The van der Waals surface area contributed by atoms with Crippen molar-refractivity contribution in [1.29, 1.82) is 0 Å². The topological polar surface area (TPSA) is 52.0 Å². The van der Waals surface area contributed by atoms with Crippen molar-refractivity contribution in [2.24, 2.45) is 5.41 Å². The normalized spacial score (nSPS) is 14.5. The zero-order chi connectivity index (χ0) is 14.1. The highest BCUT2D eigenvalue weighted by Crippen LogP contribution is 2.26. The molecule has 0 bridgehead atoms. The summed E-state index contributed by atoms with van der Waals surface area (Å²) < 4.78 is 7.06. The van der Waals surface area contributed by atoms with E-state index in [4.69, 9.17) is 4.74 Å². The van der Waals surface area contributed by atoms with Gasteiger partial charge in [0.25, 0.3) is 0 Å². The average Bonchev–Trinajstić information content (AvgIpc) is 2.82. The summed E-state index contributed by atoms with van der Waals surface area (Å²) in [5.74, 6) is 1.09. The van der Waals surface area contributed by atoms with E-state index in [1.54, 1.807) is 13.4 Å². The third kappa shape index (κ3) is 5.28. The van der Waals surface area contributed by atoms with E-state index >= 15 is 0 Å². The monoisotopic (exact) mass is 268 g/mol. The first-order valence-corrected chi connectivity index (χ1v) is 7.21. The fourth-order valence-electron chi connectivity index (χ4n) is 2.48. The van der Waals surface area contributed by atoms with Gasteiger partial charge in [0.15, 0.2) is 0 Å². The number of hydrogen-bond donors (Lipinski definition) is 1. The molecule has 1 unspecified atom stereocenters. The molecule has 1 aromatic rings. The van der Waals surface area contributed by atoms with Gasteiger partial charge in [-0.2, -0.15) is 5.10 Å². The molecule has 0 aliphatic rings. The fourth-order valence-corrected chi connectivity index (χ4v) is 2.48. The van der Waals surface area contributed by atoms with E-state index in [-0.39, 0.29) is 5.41 Å². The minimum atomic E-state index is 0.225. The van der Waals surface area contributed by atoms with E-state index in [0.29, 0.717) is 0 Å². The van der Waals surface area contributed by atoms with Gasteiger partial charge >= 0.3 is 0 Å². The zero-order valence-electron chi connectivity index (χ0n) is 12.8. The quantitative estimate of drug-likeness (QED) is 0.658. The lowest BCUT2D eigenvalue weighted by Crippen LogP contribution is -2.36. The summed E-state index contributed by atoms with van der Waals surface area (Å²) in [6.07, 6.45) is 4.99. The maximum atomic E-state index is 5.07. The summed E-state index contributed by atoms with van der Waals surface area (Å²) in [7, 11) is 1.73. The van der Waals surface area contributed by atoms with Crippen molar-refractivity contribution in [2.75, 3.05) is 26.8 Å². The molecule has 1 aromatic heterocycles. The largest absolute Gasteiger partial charge is 0.383 e. The van der Waals surface area contributed by atoms with Crippen molar-refractivity contribution in [2.45, 2.75) is 46.6 Å². The van der Waals surface area contributed by atoms with Gasteiger partial charge < -0.3 is 10.1 Å². The lowest BCUT2D eigenvalue weighted by Gasteiger charge is -2.29. The van der Waals surface area contributed by atoms with E-state index in [1.807, 2.05) is 4.68 Å². The van der Waals surface area contributed by atoms with Crippen LogP contribution in [0, 0.1) is 5.41 Å². The highest BCUT2D eigenvalue weighted by Gasteiger charge is 2.25. The van der Waals surface area contributed by atoms with Gasteiger partial charge in [-0.05, 0) is 18.8 Å². The molecule has 0 aliphatic carbocycles. The van der Waals surface area contributed by atoms with Crippen LogP contribution in [-0.4, -0.2) is 41.6 Å². The highest BCUT2D eigenvalue weighted by atomic mass is 16.5. The van der Waals surface area contributed by atoms with Crippen LogP contribution in [0.4, 0.5) is 0 Å². The summed E-state index contributed by atoms with van der Waals surface area (Å²) in [6, 6.07) is 0. The molecule has 0 aliphatic heterocycles. The summed E-state index contributed by atoms with van der Waals surface area (Å²) in [6.45, 7) is 10.2. The van der Waals surface area contributed by atoms with Crippen LogP contribution in [-0.2, 0) is 17.7 Å². The molecular weight excluding hydrogens is 240 g/mol. The molecule has 110 valence electrons. The minimum Gasteiger partial charge on any atom is -0.383 e. The lowest BCUT2D eigenvalue weighted by molar-refractivity contribution is 0.189. The number of aryl methyl sites for hydroxylation is 1. The Morgan fingerprint density at radius 2 is 2.21 bits per heavy atom. The van der Waals surface area contributed by atoms with Gasteiger partial charge in [-0.25, -0.2) is 4.98 Å². The Morgan fingerprint density at radius 1 is 1.42 bits per heavy atom. The SMILES string of the molecule is CCCC(C)(CNCCOC)Cc1ncnn1CC. The van der Waals surface area contributed by atoms with Crippen LogP contribution < -0.4 is 5.32 Å². The number of ether oxygens (including phenoxy) is 1. The first-order valence-electron chi connectivity index (χ1n) is 7.21. The maximum absolute atomic E-state index is 5.07. The van der Waals surface area contributed by atoms with Crippen molar-refractivity contribution in [3.8, 4) is 0 Å². The molecule has 0 amide bonds. The number of nitrogens with one attached hydrogen (secondary N) is 1. The van der Waals surface area contributed by atoms with Gasteiger partial charge in [-0.15, -0.1) is 0 Å². The Kier molecular flexibility index (Phi) is 7.02. The molecule has 1 N–H and O–H groups in total. The number of methoxy groups -OCH3 is 1.